The Morgan fingerprint density at radius 2 is 2.06 bits per heavy atom. The fourth-order valence-electron chi connectivity index (χ4n) is 1.80. The first-order valence-electron chi connectivity index (χ1n) is 5.76. The number of rotatable bonds is 4. The van der Waals surface area contributed by atoms with Crippen LogP contribution in [0.4, 0.5) is 5.69 Å². The third-order valence-electron chi connectivity index (χ3n) is 2.71. The Bertz CT molecular complexity index is 600. The molecule has 1 aromatic carbocycles. The predicted octanol–water partition coefficient (Wildman–Crippen LogP) is 3.55. The van der Waals surface area contributed by atoms with Crippen molar-refractivity contribution < 1.29 is 0 Å². The molecular formula is C14H13N3S. The Morgan fingerprint density at radius 3 is 2.83 bits per heavy atom. The second-order valence-electron chi connectivity index (χ2n) is 3.97. The highest BCUT2D eigenvalue weighted by atomic mass is 32.1. The van der Waals surface area contributed by atoms with Crippen LogP contribution < -0.4 is 5.32 Å². The zero-order valence-corrected chi connectivity index (χ0v) is 10.6. The van der Waals surface area contributed by atoms with Gasteiger partial charge in [0.15, 0.2) is 0 Å². The van der Waals surface area contributed by atoms with Gasteiger partial charge in [0.2, 0.25) is 0 Å². The molecule has 3 aromatic rings. The van der Waals surface area contributed by atoms with E-state index in [1.807, 2.05) is 30.0 Å². The van der Waals surface area contributed by atoms with Crippen LogP contribution in [0.2, 0.25) is 0 Å². The van der Waals surface area contributed by atoms with Crippen LogP contribution in [0.15, 0.2) is 59.7 Å². The Hall–Kier alpha value is -2.07. The summed E-state index contributed by atoms with van der Waals surface area (Å²) in [6.07, 6.45) is 4.08. The standard InChI is InChI=1S/C14H13N3S/c1-2-7-17(6-1)14-5-3-4-12(8-14)15-9-13-10-18-11-16-13/h1-8,10-11,15H,9H2. The minimum Gasteiger partial charge on any atom is -0.379 e. The number of nitrogens with zero attached hydrogens (tertiary/aromatic N) is 2. The van der Waals surface area contributed by atoms with E-state index >= 15 is 0 Å². The highest BCUT2D eigenvalue weighted by Crippen LogP contribution is 2.15. The molecule has 0 bridgehead atoms. The van der Waals surface area contributed by atoms with Crippen molar-refractivity contribution in [3.63, 3.8) is 0 Å². The van der Waals surface area contributed by atoms with E-state index in [4.69, 9.17) is 0 Å². The van der Waals surface area contributed by atoms with E-state index in [0.29, 0.717) is 0 Å². The fourth-order valence-corrected chi connectivity index (χ4v) is 2.36. The van der Waals surface area contributed by atoms with Crippen molar-refractivity contribution in [3.8, 4) is 5.69 Å². The number of nitrogens with one attached hydrogen (secondary N) is 1. The third kappa shape index (κ3) is 2.43. The fraction of sp³-hybridized carbons (Fsp3) is 0.0714. The lowest BCUT2D eigenvalue weighted by molar-refractivity contribution is 1.06. The average molecular weight is 255 g/mol. The van der Waals surface area contributed by atoms with Gasteiger partial charge in [0.1, 0.15) is 0 Å². The number of benzene rings is 1. The second kappa shape index (κ2) is 5.06. The molecule has 0 saturated carbocycles. The molecule has 0 fully saturated rings. The van der Waals surface area contributed by atoms with Crippen molar-refractivity contribution in [3.05, 3.63) is 65.4 Å². The molecule has 0 atom stereocenters. The number of anilines is 1. The van der Waals surface area contributed by atoms with E-state index in [1.165, 1.54) is 0 Å². The summed E-state index contributed by atoms with van der Waals surface area (Å²) in [5.74, 6) is 0. The van der Waals surface area contributed by atoms with Crippen molar-refractivity contribution in [2.24, 2.45) is 0 Å². The van der Waals surface area contributed by atoms with Crippen molar-refractivity contribution >= 4 is 17.0 Å². The van der Waals surface area contributed by atoms with Gasteiger partial charge in [0, 0.05) is 29.1 Å². The summed E-state index contributed by atoms with van der Waals surface area (Å²) in [5, 5.41) is 5.44. The smallest absolute Gasteiger partial charge is 0.0795 e. The van der Waals surface area contributed by atoms with E-state index < -0.39 is 0 Å². The molecule has 0 spiro atoms. The summed E-state index contributed by atoms with van der Waals surface area (Å²) in [7, 11) is 0. The van der Waals surface area contributed by atoms with Crippen LogP contribution in [-0.2, 0) is 6.54 Å². The largest absolute Gasteiger partial charge is 0.379 e. The molecule has 0 amide bonds. The first kappa shape index (κ1) is 11.0. The SMILES string of the molecule is c1cc(NCc2cscn2)cc(-n2cccc2)c1. The molecule has 2 aromatic heterocycles. The molecular weight excluding hydrogens is 242 g/mol. The minimum atomic E-state index is 0.763. The Balaban J connectivity index is 1.75. The Kier molecular flexibility index (Phi) is 3.10. The summed E-state index contributed by atoms with van der Waals surface area (Å²) in [4.78, 5) is 4.25. The van der Waals surface area contributed by atoms with Gasteiger partial charge in [-0.15, -0.1) is 11.3 Å². The zero-order valence-electron chi connectivity index (χ0n) is 9.78. The normalized spacial score (nSPS) is 10.4. The maximum Gasteiger partial charge on any atom is 0.0795 e. The number of hydrogen-bond acceptors (Lipinski definition) is 3. The van der Waals surface area contributed by atoms with E-state index in [9.17, 15) is 0 Å². The quantitative estimate of drug-likeness (QED) is 0.772. The molecule has 18 heavy (non-hydrogen) atoms. The maximum atomic E-state index is 4.25. The first-order valence-corrected chi connectivity index (χ1v) is 6.70. The van der Waals surface area contributed by atoms with E-state index in [0.717, 1.165) is 23.6 Å². The van der Waals surface area contributed by atoms with Crippen molar-refractivity contribution in [2.45, 2.75) is 6.54 Å². The molecule has 90 valence electrons. The van der Waals surface area contributed by atoms with E-state index in [-0.39, 0.29) is 0 Å². The second-order valence-corrected chi connectivity index (χ2v) is 4.69. The van der Waals surface area contributed by atoms with Gasteiger partial charge < -0.3 is 9.88 Å². The van der Waals surface area contributed by atoms with Crippen LogP contribution in [0.1, 0.15) is 5.69 Å². The lowest BCUT2D eigenvalue weighted by Gasteiger charge is -2.08. The highest BCUT2D eigenvalue weighted by Gasteiger charge is 1.98. The molecule has 0 radical (unpaired) electrons. The molecule has 4 heteroatoms. The maximum absolute atomic E-state index is 4.25. The van der Waals surface area contributed by atoms with E-state index in [2.05, 4.69) is 44.5 Å². The van der Waals surface area contributed by atoms with Crippen LogP contribution in [0.3, 0.4) is 0 Å². The van der Waals surface area contributed by atoms with Crippen molar-refractivity contribution in [1.82, 2.24) is 9.55 Å². The number of hydrogen-bond donors (Lipinski definition) is 1. The molecule has 0 aliphatic heterocycles. The molecule has 3 rings (SSSR count). The van der Waals surface area contributed by atoms with Gasteiger partial charge in [-0.3, -0.25) is 0 Å². The summed E-state index contributed by atoms with van der Waals surface area (Å²) in [6, 6.07) is 12.4. The van der Waals surface area contributed by atoms with Gasteiger partial charge in [0.25, 0.3) is 0 Å². The third-order valence-corrected chi connectivity index (χ3v) is 3.34. The zero-order chi connectivity index (χ0) is 12.2. The lowest BCUT2D eigenvalue weighted by Crippen LogP contribution is -2.00. The molecule has 0 aliphatic carbocycles. The van der Waals surface area contributed by atoms with Crippen LogP contribution >= 0.6 is 11.3 Å². The van der Waals surface area contributed by atoms with Gasteiger partial charge in [-0.2, -0.15) is 0 Å². The average Bonchev–Trinajstić information content (AvgIpc) is 3.10. The first-order chi connectivity index (χ1) is 8.92. The predicted molar refractivity (Wildman–Crippen MR) is 75.2 cm³/mol. The minimum absolute atomic E-state index is 0.763. The van der Waals surface area contributed by atoms with Crippen LogP contribution in [0, 0.1) is 0 Å². The summed E-state index contributed by atoms with van der Waals surface area (Å²) in [6.45, 7) is 0.763. The number of aromatic nitrogens is 2. The monoisotopic (exact) mass is 255 g/mol. The van der Waals surface area contributed by atoms with Crippen LogP contribution in [0.5, 0.6) is 0 Å². The van der Waals surface area contributed by atoms with Crippen molar-refractivity contribution in [1.29, 1.82) is 0 Å². The van der Waals surface area contributed by atoms with Gasteiger partial charge in [0.05, 0.1) is 17.7 Å². The van der Waals surface area contributed by atoms with Crippen LogP contribution in [0.25, 0.3) is 5.69 Å². The van der Waals surface area contributed by atoms with Crippen molar-refractivity contribution in [2.75, 3.05) is 5.32 Å². The molecule has 2 heterocycles. The van der Waals surface area contributed by atoms with Gasteiger partial charge in [-0.25, -0.2) is 4.98 Å². The molecule has 3 nitrogen and oxygen atoms in total. The molecule has 0 unspecified atom stereocenters. The number of thiazole rings is 1. The summed E-state index contributed by atoms with van der Waals surface area (Å²) in [5.41, 5.74) is 5.19. The highest BCUT2D eigenvalue weighted by molar-refractivity contribution is 7.07. The summed E-state index contributed by atoms with van der Waals surface area (Å²) < 4.78 is 2.09. The summed E-state index contributed by atoms with van der Waals surface area (Å²) >= 11 is 1.62. The Labute approximate surface area is 110 Å². The van der Waals surface area contributed by atoms with Gasteiger partial charge in [-0.1, -0.05) is 6.07 Å². The topological polar surface area (TPSA) is 29.9 Å². The van der Waals surface area contributed by atoms with Crippen LogP contribution in [-0.4, -0.2) is 9.55 Å². The molecule has 0 saturated heterocycles. The lowest BCUT2D eigenvalue weighted by atomic mass is 10.2. The van der Waals surface area contributed by atoms with Gasteiger partial charge >= 0.3 is 0 Å². The Morgan fingerprint density at radius 1 is 1.17 bits per heavy atom. The molecule has 0 aliphatic rings. The van der Waals surface area contributed by atoms with Gasteiger partial charge in [-0.05, 0) is 30.3 Å². The van der Waals surface area contributed by atoms with E-state index in [1.54, 1.807) is 11.3 Å². The molecule has 1 N–H and O–H groups in total.